The van der Waals surface area contributed by atoms with Gasteiger partial charge in [0, 0.05) is 12.8 Å². The number of hydrogen-bond acceptors (Lipinski definition) is 6. The first kappa shape index (κ1) is 16.4. The van der Waals surface area contributed by atoms with E-state index in [4.69, 9.17) is 4.74 Å². The van der Waals surface area contributed by atoms with Crippen molar-refractivity contribution in [2.45, 2.75) is 26.2 Å². The molecule has 2 heterocycles. The van der Waals surface area contributed by atoms with Crippen LogP contribution in [0.5, 0.6) is 5.75 Å². The minimum atomic E-state index is -0.233. The van der Waals surface area contributed by atoms with Crippen molar-refractivity contribution in [1.29, 1.82) is 0 Å². The Morgan fingerprint density at radius 2 is 2.12 bits per heavy atom. The van der Waals surface area contributed by atoms with E-state index in [-0.39, 0.29) is 24.7 Å². The van der Waals surface area contributed by atoms with Crippen LogP contribution < -0.4 is 15.0 Å². The Kier molecular flexibility index (Phi) is 5.05. The van der Waals surface area contributed by atoms with Crippen LogP contribution in [0, 0.1) is 0 Å². The number of amides is 2. The molecular formula is C16H18N4O3S. The van der Waals surface area contributed by atoms with Gasteiger partial charge in [-0.3, -0.25) is 9.59 Å². The van der Waals surface area contributed by atoms with Crippen LogP contribution in [0.25, 0.3) is 0 Å². The van der Waals surface area contributed by atoms with Crippen molar-refractivity contribution in [3.63, 3.8) is 0 Å². The summed E-state index contributed by atoms with van der Waals surface area (Å²) >= 11 is 1.35. The normalized spacial score (nSPS) is 13.1. The molecule has 1 aromatic heterocycles. The van der Waals surface area contributed by atoms with E-state index in [1.165, 1.54) is 11.3 Å². The highest BCUT2D eigenvalue weighted by molar-refractivity contribution is 7.15. The first-order valence-corrected chi connectivity index (χ1v) is 8.63. The summed E-state index contributed by atoms with van der Waals surface area (Å²) in [7, 11) is 0. The monoisotopic (exact) mass is 346 g/mol. The summed E-state index contributed by atoms with van der Waals surface area (Å²) < 4.78 is 5.53. The number of aromatic nitrogens is 2. The van der Waals surface area contributed by atoms with Crippen LogP contribution in [0.2, 0.25) is 0 Å². The number of nitrogens with one attached hydrogen (secondary N) is 1. The lowest BCUT2D eigenvalue weighted by Gasteiger charge is -2.29. The van der Waals surface area contributed by atoms with Crippen LogP contribution in [0.1, 0.15) is 24.8 Å². The minimum absolute atomic E-state index is 0.0904. The molecule has 2 aromatic rings. The molecule has 7 nitrogen and oxygen atoms in total. The third kappa shape index (κ3) is 3.70. The molecule has 0 radical (unpaired) electrons. The molecule has 0 fully saturated rings. The predicted molar refractivity (Wildman–Crippen MR) is 91.4 cm³/mol. The standard InChI is InChI=1S/C16H18N4O3S/c1-2-14-18-19-16(24-14)17-13(21)7-8-15(22)20-9-10-23-12-6-4-3-5-11(12)20/h3-6H,2,7-10H2,1H3,(H,17,19,21). The summed E-state index contributed by atoms with van der Waals surface area (Å²) in [5.41, 5.74) is 0.755. The summed E-state index contributed by atoms with van der Waals surface area (Å²) in [5, 5.41) is 11.9. The van der Waals surface area contributed by atoms with Gasteiger partial charge >= 0.3 is 0 Å². The predicted octanol–water partition coefficient (Wildman–Crippen LogP) is 2.24. The van der Waals surface area contributed by atoms with E-state index in [2.05, 4.69) is 15.5 Å². The molecule has 2 amide bonds. The fourth-order valence-electron chi connectivity index (χ4n) is 2.41. The van der Waals surface area contributed by atoms with Crippen LogP contribution in [-0.4, -0.2) is 35.2 Å². The van der Waals surface area contributed by atoms with Crippen LogP contribution in [-0.2, 0) is 16.0 Å². The maximum atomic E-state index is 12.4. The third-order valence-corrected chi connectivity index (χ3v) is 4.59. The molecule has 0 atom stereocenters. The van der Waals surface area contributed by atoms with Crippen molar-refractivity contribution in [2.24, 2.45) is 0 Å². The number of benzene rings is 1. The van der Waals surface area contributed by atoms with Crippen molar-refractivity contribution in [3.8, 4) is 5.75 Å². The van der Waals surface area contributed by atoms with Crippen LogP contribution >= 0.6 is 11.3 Å². The smallest absolute Gasteiger partial charge is 0.227 e. The average molecular weight is 346 g/mol. The number of aryl methyl sites for hydroxylation is 1. The number of anilines is 2. The topological polar surface area (TPSA) is 84.4 Å². The molecule has 1 aliphatic heterocycles. The van der Waals surface area contributed by atoms with Gasteiger partial charge in [0.15, 0.2) is 0 Å². The molecule has 1 aliphatic rings. The summed E-state index contributed by atoms with van der Waals surface area (Å²) in [4.78, 5) is 26.1. The van der Waals surface area contributed by atoms with Crippen LogP contribution in [0.4, 0.5) is 10.8 Å². The van der Waals surface area contributed by atoms with E-state index in [9.17, 15) is 9.59 Å². The Balaban J connectivity index is 1.55. The zero-order valence-electron chi connectivity index (χ0n) is 13.3. The Morgan fingerprint density at radius 3 is 2.92 bits per heavy atom. The fourth-order valence-corrected chi connectivity index (χ4v) is 3.11. The molecule has 1 N–H and O–H groups in total. The van der Waals surface area contributed by atoms with E-state index >= 15 is 0 Å². The molecule has 0 unspecified atom stereocenters. The quantitative estimate of drug-likeness (QED) is 0.897. The Bertz CT molecular complexity index is 746. The molecule has 24 heavy (non-hydrogen) atoms. The van der Waals surface area contributed by atoms with Gasteiger partial charge in [-0.25, -0.2) is 0 Å². The average Bonchev–Trinajstić information content (AvgIpc) is 3.06. The van der Waals surface area contributed by atoms with E-state index in [0.717, 1.165) is 17.1 Å². The number of carbonyl (C=O) groups is 2. The third-order valence-electron chi connectivity index (χ3n) is 3.61. The van der Waals surface area contributed by atoms with Crippen LogP contribution in [0.3, 0.4) is 0 Å². The molecule has 8 heteroatoms. The number of carbonyl (C=O) groups excluding carboxylic acids is 2. The van der Waals surface area contributed by atoms with Crippen LogP contribution in [0.15, 0.2) is 24.3 Å². The highest BCUT2D eigenvalue weighted by atomic mass is 32.1. The van der Waals surface area contributed by atoms with Gasteiger partial charge in [-0.2, -0.15) is 0 Å². The van der Waals surface area contributed by atoms with Gasteiger partial charge in [0.25, 0.3) is 0 Å². The molecule has 0 saturated carbocycles. The number of para-hydroxylation sites is 2. The maximum Gasteiger partial charge on any atom is 0.227 e. The molecule has 1 aromatic carbocycles. The summed E-state index contributed by atoms with van der Waals surface area (Å²) in [5.74, 6) is 0.374. The first-order chi connectivity index (χ1) is 11.7. The zero-order chi connectivity index (χ0) is 16.9. The van der Waals surface area contributed by atoms with Crippen molar-refractivity contribution in [3.05, 3.63) is 29.3 Å². The van der Waals surface area contributed by atoms with Crippen molar-refractivity contribution < 1.29 is 14.3 Å². The number of rotatable bonds is 5. The lowest BCUT2D eigenvalue weighted by Crippen LogP contribution is -2.38. The van der Waals surface area contributed by atoms with Gasteiger partial charge in [-0.1, -0.05) is 30.4 Å². The highest BCUT2D eigenvalue weighted by Gasteiger charge is 2.23. The molecule has 0 aliphatic carbocycles. The van der Waals surface area contributed by atoms with Crippen molar-refractivity contribution in [2.75, 3.05) is 23.4 Å². The molecule has 126 valence electrons. The van der Waals surface area contributed by atoms with E-state index in [1.54, 1.807) is 4.90 Å². The van der Waals surface area contributed by atoms with Gasteiger partial charge < -0.3 is 15.0 Å². The lowest BCUT2D eigenvalue weighted by molar-refractivity contribution is -0.122. The molecule has 0 spiro atoms. The van der Waals surface area contributed by atoms with Gasteiger partial charge in [-0.05, 0) is 18.6 Å². The summed E-state index contributed by atoms with van der Waals surface area (Å²) in [6.07, 6.45) is 1.03. The Morgan fingerprint density at radius 1 is 1.29 bits per heavy atom. The Hall–Kier alpha value is -2.48. The largest absolute Gasteiger partial charge is 0.490 e. The lowest BCUT2D eigenvalue weighted by atomic mass is 10.2. The maximum absolute atomic E-state index is 12.4. The number of nitrogens with zero attached hydrogens (tertiary/aromatic N) is 3. The van der Waals surface area contributed by atoms with Crippen molar-refractivity contribution >= 4 is 34.0 Å². The second-order valence-electron chi connectivity index (χ2n) is 5.26. The summed E-state index contributed by atoms with van der Waals surface area (Å²) in [6.45, 7) is 2.93. The molecular weight excluding hydrogens is 328 g/mol. The van der Waals surface area contributed by atoms with Gasteiger partial charge in [-0.15, -0.1) is 10.2 Å². The zero-order valence-corrected chi connectivity index (χ0v) is 14.1. The first-order valence-electron chi connectivity index (χ1n) is 7.82. The summed E-state index contributed by atoms with van der Waals surface area (Å²) in [6, 6.07) is 7.41. The number of ether oxygens (including phenoxy) is 1. The molecule has 0 saturated heterocycles. The van der Waals surface area contributed by atoms with E-state index < -0.39 is 0 Å². The van der Waals surface area contributed by atoms with Gasteiger partial charge in [0.1, 0.15) is 17.4 Å². The minimum Gasteiger partial charge on any atom is -0.490 e. The Labute approximate surface area is 143 Å². The number of hydrogen-bond donors (Lipinski definition) is 1. The second kappa shape index (κ2) is 7.39. The second-order valence-corrected chi connectivity index (χ2v) is 6.33. The number of fused-ring (bicyclic) bond motifs is 1. The van der Waals surface area contributed by atoms with Crippen molar-refractivity contribution in [1.82, 2.24) is 10.2 Å². The molecule has 0 bridgehead atoms. The van der Waals surface area contributed by atoms with Gasteiger partial charge in [0.05, 0.1) is 12.2 Å². The highest BCUT2D eigenvalue weighted by Crippen LogP contribution is 2.31. The fraction of sp³-hybridized carbons (Fsp3) is 0.375. The van der Waals surface area contributed by atoms with E-state index in [1.807, 2.05) is 31.2 Å². The SMILES string of the molecule is CCc1nnc(NC(=O)CCC(=O)N2CCOc3ccccc32)s1. The van der Waals surface area contributed by atoms with Gasteiger partial charge in [0.2, 0.25) is 16.9 Å². The van der Waals surface area contributed by atoms with E-state index in [0.29, 0.717) is 24.0 Å². The molecule has 3 rings (SSSR count).